The van der Waals surface area contributed by atoms with E-state index in [0.29, 0.717) is 18.3 Å². The Hall–Kier alpha value is -2.25. The normalized spacial score (nSPS) is 15.5. The van der Waals surface area contributed by atoms with E-state index in [1.807, 2.05) is 26.0 Å². The van der Waals surface area contributed by atoms with Crippen molar-refractivity contribution < 1.29 is 4.52 Å². The van der Waals surface area contributed by atoms with Gasteiger partial charge in [0, 0.05) is 22.5 Å². The van der Waals surface area contributed by atoms with Crippen LogP contribution in [0.5, 0.6) is 0 Å². The number of rotatable bonds is 6. The molecule has 8 heteroatoms. The minimum Gasteiger partial charge on any atom is -0.336 e. The zero-order valence-corrected chi connectivity index (χ0v) is 14.9. The Balaban J connectivity index is 1.44. The molecule has 0 spiro atoms. The molecule has 25 heavy (non-hydrogen) atoms. The zero-order chi connectivity index (χ0) is 17.4. The van der Waals surface area contributed by atoms with Crippen molar-refractivity contribution in [2.75, 3.05) is 6.54 Å². The standard InChI is InChI=1S/C17H19ClN6O/c1-11-12(2)21-25-16(11)24-15(20-22-23-24)9-19-10-17(7-8-17)13-3-5-14(18)6-4-13/h3-6,19H,7-10H2,1-2H3. The van der Waals surface area contributed by atoms with E-state index < -0.39 is 0 Å². The van der Waals surface area contributed by atoms with Gasteiger partial charge in [-0.2, -0.15) is 4.68 Å². The van der Waals surface area contributed by atoms with Gasteiger partial charge in [-0.1, -0.05) is 28.9 Å². The van der Waals surface area contributed by atoms with Gasteiger partial charge < -0.3 is 9.84 Å². The first-order valence-electron chi connectivity index (χ1n) is 8.26. The summed E-state index contributed by atoms with van der Waals surface area (Å²) >= 11 is 5.99. The number of halogens is 1. The number of benzene rings is 1. The molecule has 0 saturated heterocycles. The van der Waals surface area contributed by atoms with Crippen LogP contribution in [0, 0.1) is 13.8 Å². The van der Waals surface area contributed by atoms with Crippen LogP contribution in [0.25, 0.3) is 5.88 Å². The predicted molar refractivity (Wildman–Crippen MR) is 92.8 cm³/mol. The zero-order valence-electron chi connectivity index (χ0n) is 14.2. The minimum atomic E-state index is 0.196. The summed E-state index contributed by atoms with van der Waals surface area (Å²) in [4.78, 5) is 0. The molecular weight excluding hydrogens is 340 g/mol. The Morgan fingerprint density at radius 1 is 1.24 bits per heavy atom. The Morgan fingerprint density at radius 3 is 2.64 bits per heavy atom. The largest absolute Gasteiger partial charge is 0.336 e. The van der Waals surface area contributed by atoms with Crippen LogP contribution < -0.4 is 5.32 Å². The second kappa shape index (κ2) is 6.24. The highest BCUT2D eigenvalue weighted by Gasteiger charge is 2.43. The van der Waals surface area contributed by atoms with Crippen molar-refractivity contribution in [2.24, 2.45) is 0 Å². The molecule has 7 nitrogen and oxygen atoms in total. The molecule has 130 valence electrons. The summed E-state index contributed by atoms with van der Waals surface area (Å²) in [6.45, 7) is 5.27. The second-order valence-electron chi connectivity index (χ2n) is 6.60. The molecule has 1 saturated carbocycles. The number of tetrazole rings is 1. The summed E-state index contributed by atoms with van der Waals surface area (Å²) in [5, 5.41) is 20.1. The lowest BCUT2D eigenvalue weighted by Crippen LogP contribution is -2.27. The fourth-order valence-electron chi connectivity index (χ4n) is 3.01. The van der Waals surface area contributed by atoms with Gasteiger partial charge in [0.1, 0.15) is 0 Å². The van der Waals surface area contributed by atoms with Crippen LogP contribution >= 0.6 is 11.6 Å². The third-order valence-electron chi connectivity index (χ3n) is 4.92. The van der Waals surface area contributed by atoms with Gasteiger partial charge >= 0.3 is 0 Å². The molecule has 0 aliphatic heterocycles. The fraction of sp³-hybridized carbons (Fsp3) is 0.412. The quantitative estimate of drug-likeness (QED) is 0.729. The van der Waals surface area contributed by atoms with Crippen LogP contribution in [0.4, 0.5) is 0 Å². The van der Waals surface area contributed by atoms with Crippen LogP contribution in [0.2, 0.25) is 5.02 Å². The lowest BCUT2D eigenvalue weighted by Gasteiger charge is -2.16. The number of nitrogens with zero attached hydrogens (tertiary/aromatic N) is 5. The Bertz CT molecular complexity index is 881. The number of hydrogen-bond acceptors (Lipinski definition) is 6. The minimum absolute atomic E-state index is 0.196. The molecule has 1 fully saturated rings. The average Bonchev–Trinajstić information content (AvgIpc) is 3.13. The molecule has 1 aliphatic carbocycles. The first-order chi connectivity index (χ1) is 12.1. The Kier molecular flexibility index (Phi) is 4.05. The highest BCUT2D eigenvalue weighted by atomic mass is 35.5. The molecular formula is C17H19ClN6O. The summed E-state index contributed by atoms with van der Waals surface area (Å²) < 4.78 is 6.95. The van der Waals surface area contributed by atoms with Crippen molar-refractivity contribution in [1.82, 2.24) is 30.7 Å². The summed E-state index contributed by atoms with van der Waals surface area (Å²) in [5.74, 6) is 1.27. The van der Waals surface area contributed by atoms with E-state index in [1.54, 1.807) is 4.68 Å². The number of hydrogen-bond donors (Lipinski definition) is 1. The summed E-state index contributed by atoms with van der Waals surface area (Å²) in [7, 11) is 0. The molecule has 0 atom stereocenters. The molecule has 0 unspecified atom stereocenters. The van der Waals surface area contributed by atoms with Crippen LogP contribution in [0.1, 0.15) is 35.5 Å². The smallest absolute Gasteiger partial charge is 0.257 e. The van der Waals surface area contributed by atoms with Crippen molar-refractivity contribution in [3.8, 4) is 5.88 Å². The lowest BCUT2D eigenvalue weighted by molar-refractivity contribution is 0.387. The van der Waals surface area contributed by atoms with Crippen LogP contribution in [-0.4, -0.2) is 31.9 Å². The summed E-state index contributed by atoms with van der Waals surface area (Å²) in [6, 6.07) is 8.13. The number of aromatic nitrogens is 5. The van der Waals surface area contributed by atoms with E-state index in [1.165, 1.54) is 18.4 Å². The van der Waals surface area contributed by atoms with Crippen LogP contribution in [0.3, 0.4) is 0 Å². The van der Waals surface area contributed by atoms with E-state index in [9.17, 15) is 0 Å². The predicted octanol–water partition coefficient (Wildman–Crippen LogP) is 2.74. The highest BCUT2D eigenvalue weighted by molar-refractivity contribution is 6.30. The van der Waals surface area contributed by atoms with E-state index in [2.05, 4.69) is 38.1 Å². The van der Waals surface area contributed by atoms with Crippen molar-refractivity contribution in [2.45, 2.75) is 38.6 Å². The SMILES string of the molecule is Cc1noc(-n2nnnc2CNCC2(c3ccc(Cl)cc3)CC2)c1C. The van der Waals surface area contributed by atoms with Gasteiger partial charge in [0.25, 0.3) is 5.88 Å². The fourth-order valence-corrected chi connectivity index (χ4v) is 3.14. The molecule has 1 aromatic carbocycles. The van der Waals surface area contributed by atoms with Gasteiger partial charge in [-0.15, -0.1) is 5.10 Å². The molecule has 4 rings (SSSR count). The van der Waals surface area contributed by atoms with E-state index in [4.69, 9.17) is 16.1 Å². The maximum Gasteiger partial charge on any atom is 0.257 e. The maximum atomic E-state index is 5.99. The van der Waals surface area contributed by atoms with Gasteiger partial charge in [0.2, 0.25) is 0 Å². The molecule has 1 aliphatic rings. The van der Waals surface area contributed by atoms with Gasteiger partial charge in [-0.3, -0.25) is 0 Å². The maximum absolute atomic E-state index is 5.99. The third kappa shape index (κ3) is 3.05. The van der Waals surface area contributed by atoms with Gasteiger partial charge in [0.15, 0.2) is 5.82 Å². The van der Waals surface area contributed by atoms with E-state index >= 15 is 0 Å². The van der Waals surface area contributed by atoms with Crippen LogP contribution in [-0.2, 0) is 12.0 Å². The van der Waals surface area contributed by atoms with E-state index in [0.717, 1.165) is 22.8 Å². The lowest BCUT2D eigenvalue weighted by atomic mass is 9.96. The first-order valence-corrected chi connectivity index (χ1v) is 8.64. The molecule has 0 radical (unpaired) electrons. The van der Waals surface area contributed by atoms with Crippen molar-refractivity contribution in [1.29, 1.82) is 0 Å². The van der Waals surface area contributed by atoms with Gasteiger partial charge in [-0.25, -0.2) is 0 Å². The molecule has 3 aromatic rings. The molecule has 0 amide bonds. The molecule has 2 aromatic heterocycles. The Morgan fingerprint density at radius 2 is 2.00 bits per heavy atom. The summed E-state index contributed by atoms with van der Waals surface area (Å²) in [6.07, 6.45) is 2.35. The monoisotopic (exact) mass is 358 g/mol. The molecule has 0 bridgehead atoms. The summed E-state index contributed by atoms with van der Waals surface area (Å²) in [5.41, 5.74) is 3.30. The van der Waals surface area contributed by atoms with Gasteiger partial charge in [-0.05, 0) is 54.8 Å². The van der Waals surface area contributed by atoms with Crippen LogP contribution in [0.15, 0.2) is 28.8 Å². The number of aryl methyl sites for hydroxylation is 1. The van der Waals surface area contributed by atoms with Crippen molar-refractivity contribution >= 4 is 11.6 Å². The van der Waals surface area contributed by atoms with E-state index in [-0.39, 0.29) is 5.41 Å². The molecule has 2 heterocycles. The highest BCUT2D eigenvalue weighted by Crippen LogP contribution is 2.47. The van der Waals surface area contributed by atoms with Gasteiger partial charge in [0.05, 0.1) is 12.2 Å². The second-order valence-corrected chi connectivity index (χ2v) is 7.03. The van der Waals surface area contributed by atoms with Crippen molar-refractivity contribution in [3.63, 3.8) is 0 Å². The van der Waals surface area contributed by atoms with Crippen molar-refractivity contribution in [3.05, 3.63) is 51.9 Å². The third-order valence-corrected chi connectivity index (χ3v) is 5.17. The average molecular weight is 359 g/mol. The topological polar surface area (TPSA) is 81.7 Å². The number of nitrogens with one attached hydrogen (secondary N) is 1. The first kappa shape index (κ1) is 16.2. The Labute approximate surface area is 150 Å². The molecule has 1 N–H and O–H groups in total.